The average molecular weight is 486 g/mol. The second kappa shape index (κ2) is 10.5. The quantitative estimate of drug-likeness (QED) is 0.590. The molecule has 9 nitrogen and oxygen atoms in total. The van der Waals surface area contributed by atoms with E-state index in [9.17, 15) is 18.0 Å². The number of carbonyl (C=O) groups excluding carboxylic acids is 2. The van der Waals surface area contributed by atoms with Crippen LogP contribution in [0.4, 0.5) is 11.5 Å². The van der Waals surface area contributed by atoms with Gasteiger partial charge in [-0.1, -0.05) is 12.1 Å². The lowest BCUT2D eigenvalue weighted by molar-refractivity contribution is -0.122. The zero-order valence-electron chi connectivity index (χ0n) is 19.2. The number of aromatic nitrogens is 1. The Morgan fingerprint density at radius 1 is 1.03 bits per heavy atom. The molecule has 3 heterocycles. The first kappa shape index (κ1) is 24.2. The number of aryl methyl sites for hydroxylation is 1. The van der Waals surface area contributed by atoms with Gasteiger partial charge in [0.25, 0.3) is 0 Å². The van der Waals surface area contributed by atoms with Crippen LogP contribution in [0.15, 0.2) is 47.5 Å². The summed E-state index contributed by atoms with van der Waals surface area (Å²) >= 11 is 0. The van der Waals surface area contributed by atoms with Crippen molar-refractivity contribution < 1.29 is 18.0 Å². The van der Waals surface area contributed by atoms with Crippen molar-refractivity contribution in [1.82, 2.24) is 9.29 Å². The number of primary amides is 1. The smallest absolute Gasteiger partial charge is 0.243 e. The van der Waals surface area contributed by atoms with E-state index < -0.39 is 10.0 Å². The fourth-order valence-electron chi connectivity index (χ4n) is 4.45. The maximum atomic E-state index is 12.6. The molecule has 2 saturated heterocycles. The minimum Gasteiger partial charge on any atom is -0.369 e. The lowest BCUT2D eigenvalue weighted by atomic mass is 9.97. The molecule has 0 spiro atoms. The fourth-order valence-corrected chi connectivity index (χ4v) is 5.97. The summed E-state index contributed by atoms with van der Waals surface area (Å²) in [6.45, 7) is 2.53. The standard InChI is InChI=1S/C24H31N5O4S/c25-24(31)19-4-3-13-28(17-19)22-11-8-20(16-26-22)27-23(30)12-7-18-5-9-21(10-6-18)34(32,33)29-14-1-2-15-29/h5-6,8-11,16,19H,1-4,7,12-15,17H2,(H2,25,31)(H,27,30). The molecule has 2 aliphatic heterocycles. The monoisotopic (exact) mass is 485 g/mol. The van der Waals surface area contributed by atoms with Crippen molar-refractivity contribution in [2.45, 2.75) is 43.4 Å². The van der Waals surface area contributed by atoms with Crippen LogP contribution in [-0.4, -0.2) is 55.7 Å². The Balaban J connectivity index is 1.27. The topological polar surface area (TPSA) is 126 Å². The number of carbonyl (C=O) groups is 2. The predicted molar refractivity (Wildman–Crippen MR) is 130 cm³/mol. The Kier molecular flexibility index (Phi) is 7.47. The van der Waals surface area contributed by atoms with Crippen LogP contribution in [-0.2, 0) is 26.0 Å². The third-order valence-electron chi connectivity index (χ3n) is 6.45. The Bertz CT molecular complexity index is 1110. The molecule has 3 N–H and O–H groups in total. The van der Waals surface area contributed by atoms with Crippen LogP contribution in [0.5, 0.6) is 0 Å². The van der Waals surface area contributed by atoms with Gasteiger partial charge in [-0.25, -0.2) is 13.4 Å². The fraction of sp³-hybridized carbons (Fsp3) is 0.458. The summed E-state index contributed by atoms with van der Waals surface area (Å²) < 4.78 is 26.8. The zero-order chi connectivity index (χ0) is 24.1. The molecule has 1 aromatic carbocycles. The molecule has 2 amide bonds. The van der Waals surface area contributed by atoms with Crippen LogP contribution in [0.2, 0.25) is 0 Å². The SMILES string of the molecule is NC(=O)C1CCCN(c2ccc(NC(=O)CCc3ccc(S(=O)(=O)N4CCCC4)cc3)cn2)C1. The first-order chi connectivity index (χ1) is 16.3. The predicted octanol–water partition coefficient (Wildman–Crippen LogP) is 2.14. The lowest BCUT2D eigenvalue weighted by Gasteiger charge is -2.32. The molecular formula is C24H31N5O4S. The first-order valence-corrected chi connectivity index (χ1v) is 13.2. The summed E-state index contributed by atoms with van der Waals surface area (Å²) in [5, 5.41) is 2.85. The molecular weight excluding hydrogens is 454 g/mol. The number of nitrogens with zero attached hydrogens (tertiary/aromatic N) is 3. The van der Waals surface area contributed by atoms with Gasteiger partial charge in [0, 0.05) is 32.6 Å². The summed E-state index contributed by atoms with van der Waals surface area (Å²) in [6, 6.07) is 10.4. The van der Waals surface area contributed by atoms with Gasteiger partial charge >= 0.3 is 0 Å². The minimum atomic E-state index is -3.43. The Morgan fingerprint density at radius 2 is 1.76 bits per heavy atom. The second-order valence-electron chi connectivity index (χ2n) is 8.90. The van der Waals surface area contributed by atoms with Gasteiger partial charge in [-0.3, -0.25) is 9.59 Å². The van der Waals surface area contributed by atoms with E-state index in [4.69, 9.17) is 5.73 Å². The van der Waals surface area contributed by atoms with Crippen molar-refractivity contribution >= 4 is 33.3 Å². The summed E-state index contributed by atoms with van der Waals surface area (Å²) in [4.78, 5) is 30.6. The number of hydrogen-bond donors (Lipinski definition) is 2. The van der Waals surface area contributed by atoms with E-state index in [1.54, 1.807) is 36.5 Å². The van der Waals surface area contributed by atoms with Gasteiger partial charge in [0.1, 0.15) is 5.82 Å². The molecule has 182 valence electrons. The summed E-state index contributed by atoms with van der Waals surface area (Å²) in [5.41, 5.74) is 6.95. The maximum Gasteiger partial charge on any atom is 0.243 e. The summed E-state index contributed by atoms with van der Waals surface area (Å²) in [6.07, 6.45) is 5.88. The van der Waals surface area contributed by atoms with Gasteiger partial charge < -0.3 is 16.0 Å². The number of hydrogen-bond acceptors (Lipinski definition) is 6. The Morgan fingerprint density at radius 3 is 2.41 bits per heavy atom. The van der Waals surface area contributed by atoms with Crippen LogP contribution >= 0.6 is 0 Å². The number of nitrogens with one attached hydrogen (secondary N) is 1. The highest BCUT2D eigenvalue weighted by Crippen LogP contribution is 2.23. The molecule has 0 radical (unpaired) electrons. The Labute approximate surface area is 200 Å². The highest BCUT2D eigenvalue weighted by atomic mass is 32.2. The van der Waals surface area contributed by atoms with Gasteiger partial charge in [-0.05, 0) is 61.9 Å². The van der Waals surface area contributed by atoms with Gasteiger partial charge in [0.2, 0.25) is 21.8 Å². The van der Waals surface area contributed by atoms with Crippen molar-refractivity contribution in [2.24, 2.45) is 11.7 Å². The van der Waals surface area contributed by atoms with Gasteiger partial charge in [-0.15, -0.1) is 0 Å². The molecule has 0 aliphatic carbocycles. The molecule has 1 unspecified atom stereocenters. The van der Waals surface area contributed by atoms with Crippen LogP contribution in [0.25, 0.3) is 0 Å². The summed E-state index contributed by atoms with van der Waals surface area (Å²) in [5.74, 6) is 0.170. The van der Waals surface area contributed by atoms with E-state index in [2.05, 4.69) is 10.3 Å². The molecule has 4 rings (SSSR count). The number of pyridine rings is 1. The van der Waals surface area contributed by atoms with Crippen molar-refractivity contribution in [3.8, 4) is 0 Å². The van der Waals surface area contributed by atoms with Crippen molar-refractivity contribution in [2.75, 3.05) is 36.4 Å². The Hall–Kier alpha value is -2.98. The summed E-state index contributed by atoms with van der Waals surface area (Å²) in [7, 11) is -3.43. The third-order valence-corrected chi connectivity index (χ3v) is 8.36. The first-order valence-electron chi connectivity index (χ1n) is 11.7. The number of piperidine rings is 1. The van der Waals surface area contributed by atoms with Crippen LogP contribution < -0.4 is 16.0 Å². The minimum absolute atomic E-state index is 0.143. The number of amides is 2. The highest BCUT2D eigenvalue weighted by molar-refractivity contribution is 7.89. The van der Waals surface area contributed by atoms with Crippen molar-refractivity contribution in [1.29, 1.82) is 0 Å². The normalized spacial score (nSPS) is 19.2. The molecule has 2 aliphatic rings. The maximum absolute atomic E-state index is 12.6. The van der Waals surface area contributed by atoms with E-state index in [1.807, 2.05) is 11.0 Å². The molecule has 0 bridgehead atoms. The van der Waals surface area contributed by atoms with Gasteiger partial charge in [0.05, 0.1) is 22.7 Å². The van der Waals surface area contributed by atoms with Crippen LogP contribution in [0.1, 0.15) is 37.7 Å². The highest BCUT2D eigenvalue weighted by Gasteiger charge is 2.27. The molecule has 34 heavy (non-hydrogen) atoms. The van der Waals surface area contributed by atoms with E-state index >= 15 is 0 Å². The van der Waals surface area contributed by atoms with Crippen LogP contribution in [0, 0.1) is 5.92 Å². The van der Waals surface area contributed by atoms with Crippen LogP contribution in [0.3, 0.4) is 0 Å². The largest absolute Gasteiger partial charge is 0.369 e. The number of sulfonamides is 1. The molecule has 2 fully saturated rings. The molecule has 1 aromatic heterocycles. The second-order valence-corrected chi connectivity index (χ2v) is 10.8. The molecule has 1 atom stereocenters. The van der Waals surface area contributed by atoms with E-state index in [1.165, 1.54) is 4.31 Å². The molecule has 0 saturated carbocycles. The van der Waals surface area contributed by atoms with E-state index in [0.717, 1.165) is 43.6 Å². The number of benzene rings is 1. The number of nitrogens with two attached hydrogens (primary N) is 1. The van der Waals surface area contributed by atoms with Gasteiger partial charge in [-0.2, -0.15) is 4.31 Å². The molecule has 10 heteroatoms. The van der Waals surface area contributed by atoms with Crippen molar-refractivity contribution in [3.05, 3.63) is 48.2 Å². The zero-order valence-corrected chi connectivity index (χ0v) is 20.0. The third kappa shape index (κ3) is 5.74. The molecule has 2 aromatic rings. The lowest BCUT2D eigenvalue weighted by Crippen LogP contribution is -2.41. The number of anilines is 2. The van der Waals surface area contributed by atoms with E-state index in [-0.39, 0.29) is 24.2 Å². The average Bonchev–Trinajstić information content (AvgIpc) is 3.40. The number of rotatable bonds is 8. The van der Waals surface area contributed by atoms with Gasteiger partial charge in [0.15, 0.2) is 0 Å². The van der Waals surface area contributed by atoms with E-state index in [0.29, 0.717) is 36.6 Å². The van der Waals surface area contributed by atoms with Crippen molar-refractivity contribution in [3.63, 3.8) is 0 Å².